The summed E-state index contributed by atoms with van der Waals surface area (Å²) < 4.78 is 68.6. The molecular weight excluding hydrogens is 1260 g/mol. The van der Waals surface area contributed by atoms with Crippen LogP contribution in [-0.2, 0) is 65.4 Å². The lowest BCUT2D eigenvalue weighted by atomic mass is 9.99. The van der Waals surface area contributed by atoms with Gasteiger partial charge >= 0.3 is 39.5 Å². The van der Waals surface area contributed by atoms with Gasteiger partial charge in [0.2, 0.25) is 0 Å². The molecule has 96 heavy (non-hydrogen) atoms. The molecule has 3 N–H and O–H groups in total. The number of hydrogen-bond donors (Lipinski definition) is 3. The van der Waals surface area contributed by atoms with Gasteiger partial charge in [0.15, 0.2) is 12.2 Å². The van der Waals surface area contributed by atoms with E-state index in [1.165, 1.54) is 186 Å². The second-order valence-corrected chi connectivity index (χ2v) is 32.3. The zero-order chi connectivity index (χ0) is 71.0. The van der Waals surface area contributed by atoms with Crippen molar-refractivity contribution in [3.8, 4) is 0 Å². The average molecular weight is 1410 g/mol. The molecule has 0 radical (unpaired) electrons. The van der Waals surface area contributed by atoms with Crippen molar-refractivity contribution in [3.63, 3.8) is 0 Å². The lowest BCUT2D eigenvalue weighted by Crippen LogP contribution is -2.30. The summed E-state index contributed by atoms with van der Waals surface area (Å²) in [7, 11) is -9.92. The SMILES string of the molecule is CCC(C)CCCCCCCCCCCCCCCCC(=O)O[C@H](COC(=O)CCCCCCCCCCCCCCC(C)C)COP(=O)(O)OCC(O)COP(=O)(O)OC[C@@H](COC(=O)CCCCCCCCCC(C)C)OC(=O)CCCCCCCCCCCCC(C)C. The minimum atomic E-state index is -4.96. The number of carbonyl (C=O) groups excluding carboxylic acids is 4. The third-order valence-corrected chi connectivity index (χ3v) is 20.1. The fraction of sp³-hybridized carbons (Fsp3) is 0.948. The molecule has 19 heteroatoms. The smallest absolute Gasteiger partial charge is 0.462 e. The van der Waals surface area contributed by atoms with Gasteiger partial charge in [-0.05, 0) is 49.4 Å². The van der Waals surface area contributed by atoms with Crippen molar-refractivity contribution in [1.29, 1.82) is 0 Å². The van der Waals surface area contributed by atoms with E-state index in [1.54, 1.807) is 0 Å². The Morgan fingerprint density at radius 1 is 0.292 bits per heavy atom. The quantitative estimate of drug-likeness (QED) is 0.0222. The van der Waals surface area contributed by atoms with Crippen LogP contribution in [0, 0.1) is 23.7 Å². The fourth-order valence-corrected chi connectivity index (χ4v) is 13.3. The Morgan fingerprint density at radius 3 is 0.740 bits per heavy atom. The van der Waals surface area contributed by atoms with E-state index in [1.807, 2.05) is 0 Å². The number of aliphatic hydroxyl groups excluding tert-OH is 1. The monoisotopic (exact) mass is 1410 g/mol. The van der Waals surface area contributed by atoms with Crippen molar-refractivity contribution in [2.45, 2.75) is 408 Å². The molecule has 17 nitrogen and oxygen atoms in total. The molecule has 0 aliphatic carbocycles. The first-order chi connectivity index (χ1) is 46.1. The number of hydrogen-bond acceptors (Lipinski definition) is 15. The fourth-order valence-electron chi connectivity index (χ4n) is 11.7. The Labute approximate surface area is 588 Å². The van der Waals surface area contributed by atoms with Gasteiger partial charge in [0.1, 0.15) is 19.3 Å². The predicted molar refractivity (Wildman–Crippen MR) is 391 cm³/mol. The number of rotatable bonds is 74. The van der Waals surface area contributed by atoms with Crippen molar-refractivity contribution in [2.75, 3.05) is 39.6 Å². The van der Waals surface area contributed by atoms with Crippen molar-refractivity contribution < 1.29 is 80.2 Å². The molecule has 570 valence electrons. The summed E-state index contributed by atoms with van der Waals surface area (Å²) in [5, 5.41) is 10.6. The van der Waals surface area contributed by atoms with E-state index in [4.69, 9.17) is 37.0 Å². The van der Waals surface area contributed by atoms with E-state index < -0.39 is 97.5 Å². The van der Waals surface area contributed by atoms with E-state index >= 15 is 0 Å². The molecule has 6 atom stereocenters. The van der Waals surface area contributed by atoms with E-state index in [2.05, 4.69) is 55.4 Å². The molecule has 0 bridgehead atoms. The molecule has 4 unspecified atom stereocenters. The van der Waals surface area contributed by atoms with Crippen LogP contribution >= 0.6 is 15.6 Å². The Balaban J connectivity index is 5.25. The van der Waals surface area contributed by atoms with E-state index in [0.717, 1.165) is 114 Å². The van der Waals surface area contributed by atoms with Crippen LogP contribution in [0.3, 0.4) is 0 Å². The van der Waals surface area contributed by atoms with Crippen LogP contribution in [0.5, 0.6) is 0 Å². The zero-order valence-corrected chi connectivity index (χ0v) is 64.8. The molecule has 0 rings (SSSR count). The molecule has 0 aliphatic heterocycles. The third-order valence-electron chi connectivity index (χ3n) is 18.2. The summed E-state index contributed by atoms with van der Waals surface area (Å²) in [4.78, 5) is 72.9. The van der Waals surface area contributed by atoms with E-state index in [-0.39, 0.29) is 25.7 Å². The second-order valence-electron chi connectivity index (χ2n) is 29.4. The van der Waals surface area contributed by atoms with Crippen LogP contribution in [0.4, 0.5) is 0 Å². The van der Waals surface area contributed by atoms with Gasteiger partial charge in [-0.2, -0.15) is 0 Å². The number of ether oxygens (including phenoxy) is 4. The van der Waals surface area contributed by atoms with Crippen LogP contribution in [-0.4, -0.2) is 96.7 Å². The van der Waals surface area contributed by atoms with Gasteiger partial charge in [-0.1, -0.05) is 338 Å². The highest BCUT2D eigenvalue weighted by atomic mass is 31.2. The molecular formula is C77H150O17P2. The maximum absolute atomic E-state index is 13.1. The lowest BCUT2D eigenvalue weighted by molar-refractivity contribution is -0.161. The summed E-state index contributed by atoms with van der Waals surface area (Å²) in [6.45, 7) is 14.2. The highest BCUT2D eigenvalue weighted by Crippen LogP contribution is 2.45. The standard InChI is InChI=1S/C77H150O17P2/c1-9-70(8)56-48-40-32-24-17-12-10-11-13-19-26-34-43-51-59-76(81)93-72(63-87-74(79)57-49-41-33-25-18-15-14-16-22-29-37-45-53-67(2)3)65-91-95(83,84)89-61-71(78)62-90-96(85,86)92-66-73(64-88-75(80)58-50-42-36-28-31-39-47-55-69(6)7)94-77(82)60-52-44-35-27-21-20-23-30-38-46-54-68(4)5/h67-73,78H,9-66H2,1-8H3,(H,83,84)(H,85,86)/t70?,71?,72-,73-/m1/s1. The Morgan fingerprint density at radius 2 is 0.500 bits per heavy atom. The summed E-state index contributed by atoms with van der Waals surface area (Å²) >= 11 is 0. The molecule has 0 heterocycles. The molecule has 0 saturated heterocycles. The van der Waals surface area contributed by atoms with Gasteiger partial charge in [0.25, 0.3) is 0 Å². The normalized spacial score (nSPS) is 14.4. The van der Waals surface area contributed by atoms with Gasteiger partial charge in [0, 0.05) is 25.7 Å². The van der Waals surface area contributed by atoms with Crippen molar-refractivity contribution in [2.24, 2.45) is 23.7 Å². The maximum atomic E-state index is 13.1. The highest BCUT2D eigenvalue weighted by molar-refractivity contribution is 7.47. The van der Waals surface area contributed by atoms with Gasteiger partial charge < -0.3 is 33.8 Å². The molecule has 0 saturated carbocycles. The van der Waals surface area contributed by atoms with Gasteiger partial charge in [-0.15, -0.1) is 0 Å². The van der Waals surface area contributed by atoms with Crippen LogP contribution in [0.1, 0.15) is 389 Å². The Kier molecular flexibility index (Phi) is 65.0. The topological polar surface area (TPSA) is 237 Å². The molecule has 0 aromatic rings. The number of esters is 4. The molecule has 0 aromatic heterocycles. The maximum Gasteiger partial charge on any atom is 0.472 e. The first-order valence-corrected chi connectivity index (χ1v) is 42.7. The van der Waals surface area contributed by atoms with Crippen LogP contribution < -0.4 is 0 Å². The van der Waals surface area contributed by atoms with Gasteiger partial charge in [-0.25, -0.2) is 9.13 Å². The van der Waals surface area contributed by atoms with Crippen molar-refractivity contribution in [1.82, 2.24) is 0 Å². The summed E-state index contributed by atoms with van der Waals surface area (Å²) in [5.41, 5.74) is 0. The molecule has 0 fully saturated rings. The largest absolute Gasteiger partial charge is 0.472 e. The van der Waals surface area contributed by atoms with E-state index in [0.29, 0.717) is 31.6 Å². The highest BCUT2D eigenvalue weighted by Gasteiger charge is 2.30. The minimum absolute atomic E-state index is 0.105. The minimum Gasteiger partial charge on any atom is -0.462 e. The first-order valence-electron chi connectivity index (χ1n) is 39.7. The zero-order valence-electron chi connectivity index (χ0n) is 63.0. The summed E-state index contributed by atoms with van der Waals surface area (Å²) in [5.74, 6) is 0.965. The van der Waals surface area contributed by atoms with Gasteiger partial charge in [0.05, 0.1) is 26.4 Å². The van der Waals surface area contributed by atoms with Crippen molar-refractivity contribution in [3.05, 3.63) is 0 Å². The molecule has 0 aromatic carbocycles. The van der Waals surface area contributed by atoms with Crippen molar-refractivity contribution >= 4 is 39.5 Å². The number of carbonyl (C=O) groups is 4. The first kappa shape index (κ1) is 94.1. The molecule has 0 aliphatic rings. The lowest BCUT2D eigenvalue weighted by Gasteiger charge is -2.21. The van der Waals surface area contributed by atoms with Crippen LogP contribution in [0.15, 0.2) is 0 Å². The average Bonchev–Trinajstić information content (AvgIpc) is 1.09. The number of aliphatic hydroxyl groups is 1. The predicted octanol–water partition coefficient (Wildman–Crippen LogP) is 22.4. The summed E-state index contributed by atoms with van der Waals surface area (Å²) in [6.07, 6.45) is 51.3. The van der Waals surface area contributed by atoms with Gasteiger partial charge in [-0.3, -0.25) is 37.3 Å². The number of phosphoric ester groups is 2. The summed E-state index contributed by atoms with van der Waals surface area (Å²) in [6, 6.07) is 0. The number of phosphoric acid groups is 2. The third kappa shape index (κ3) is 69.2. The Bertz CT molecular complexity index is 1890. The van der Waals surface area contributed by atoms with Crippen LogP contribution in [0.25, 0.3) is 0 Å². The number of unbranched alkanes of at least 4 members (excludes halogenated alkanes) is 39. The van der Waals surface area contributed by atoms with E-state index in [9.17, 15) is 43.2 Å². The molecule has 0 spiro atoms. The molecule has 0 amide bonds. The second kappa shape index (κ2) is 66.3. The van der Waals surface area contributed by atoms with Crippen LogP contribution in [0.2, 0.25) is 0 Å². The Hall–Kier alpha value is -1.94.